The first kappa shape index (κ1) is 30.0. The second kappa shape index (κ2) is 14.0. The number of guanidine groups is 1. The number of aliphatic carboxylic acids is 1. The zero-order valence-corrected chi connectivity index (χ0v) is 22.6. The molecule has 0 aliphatic rings. The number of ether oxygens (including phenoxy) is 2. The van der Waals surface area contributed by atoms with Crippen LogP contribution in [0.4, 0.5) is 0 Å². The standard InChI is InChI=1S/C26H26ClN5O7S/c27-22-3-1-4-24(21(22)16-28)39-19-9-11-20(12-10-19)40(35,36)32-23(25(33)34)15-17-5-7-18(8-6-17)37-13-2-14-38-31-26(29)30/h1,3-12,23,32H,2,13-15H2,(H,33,34)(H4,29,30,31). The van der Waals surface area contributed by atoms with E-state index in [2.05, 4.69) is 9.88 Å². The maximum absolute atomic E-state index is 12.9. The molecule has 3 rings (SSSR count). The molecule has 0 radical (unpaired) electrons. The van der Waals surface area contributed by atoms with E-state index < -0.39 is 22.0 Å². The van der Waals surface area contributed by atoms with Gasteiger partial charge in [0.1, 0.15) is 41.5 Å². The van der Waals surface area contributed by atoms with Crippen LogP contribution in [0.15, 0.2) is 76.8 Å². The van der Waals surface area contributed by atoms with E-state index in [0.717, 1.165) is 0 Å². The summed E-state index contributed by atoms with van der Waals surface area (Å²) in [6.07, 6.45) is 0.421. The smallest absolute Gasteiger partial charge is 0.322 e. The third-order valence-corrected chi connectivity index (χ3v) is 7.03. The lowest BCUT2D eigenvalue weighted by molar-refractivity contribution is -0.138. The summed E-state index contributed by atoms with van der Waals surface area (Å²) in [4.78, 5) is 16.5. The van der Waals surface area contributed by atoms with Gasteiger partial charge in [0, 0.05) is 6.42 Å². The minimum Gasteiger partial charge on any atom is -0.493 e. The molecule has 0 aromatic heterocycles. The third kappa shape index (κ3) is 8.77. The molecule has 0 saturated heterocycles. The highest BCUT2D eigenvalue weighted by Crippen LogP contribution is 2.30. The summed E-state index contributed by atoms with van der Waals surface area (Å²) in [5.74, 6) is -0.500. The van der Waals surface area contributed by atoms with Crippen LogP contribution < -0.4 is 25.7 Å². The Morgan fingerprint density at radius 1 is 1.05 bits per heavy atom. The highest BCUT2D eigenvalue weighted by atomic mass is 35.5. The molecule has 0 spiro atoms. The van der Waals surface area contributed by atoms with Crippen molar-refractivity contribution in [2.75, 3.05) is 13.2 Å². The zero-order valence-electron chi connectivity index (χ0n) is 21.0. The van der Waals surface area contributed by atoms with Crippen LogP contribution in [0.5, 0.6) is 17.2 Å². The number of halogens is 1. The van der Waals surface area contributed by atoms with Crippen LogP contribution in [0, 0.1) is 11.3 Å². The molecule has 0 saturated carbocycles. The van der Waals surface area contributed by atoms with Gasteiger partial charge in [-0.3, -0.25) is 4.79 Å². The largest absolute Gasteiger partial charge is 0.493 e. The summed E-state index contributed by atoms with van der Waals surface area (Å²) < 4.78 is 39.3. The van der Waals surface area contributed by atoms with Gasteiger partial charge < -0.3 is 30.9 Å². The summed E-state index contributed by atoms with van der Waals surface area (Å²) in [5.41, 5.74) is 11.0. The Bertz CT molecular complexity index is 1490. The number of rotatable bonds is 14. The first-order valence-electron chi connectivity index (χ1n) is 11.7. The average Bonchev–Trinajstić information content (AvgIpc) is 2.91. The van der Waals surface area contributed by atoms with Crippen molar-refractivity contribution in [2.45, 2.75) is 23.8 Å². The van der Waals surface area contributed by atoms with Gasteiger partial charge in [0.25, 0.3) is 0 Å². The number of carboxylic acid groups (broad SMARTS) is 1. The fourth-order valence-electron chi connectivity index (χ4n) is 3.34. The van der Waals surface area contributed by atoms with E-state index in [1.807, 2.05) is 6.07 Å². The summed E-state index contributed by atoms with van der Waals surface area (Å²) in [5, 5.41) is 22.5. The number of nitrogens with zero attached hydrogens (tertiary/aromatic N) is 2. The molecular formula is C26H26ClN5O7S. The number of hydrogen-bond acceptors (Lipinski definition) is 8. The van der Waals surface area contributed by atoms with E-state index in [4.69, 9.17) is 37.4 Å². The molecule has 1 atom stereocenters. The van der Waals surface area contributed by atoms with Crippen LogP contribution in [-0.2, 0) is 26.1 Å². The number of benzene rings is 3. The molecule has 0 aliphatic carbocycles. The Labute approximate surface area is 235 Å². The van der Waals surface area contributed by atoms with Crippen molar-refractivity contribution in [3.8, 4) is 23.3 Å². The molecule has 40 heavy (non-hydrogen) atoms. The molecule has 12 nitrogen and oxygen atoms in total. The minimum atomic E-state index is -4.19. The van der Waals surface area contributed by atoms with Crippen molar-refractivity contribution < 1.29 is 32.6 Å². The molecular weight excluding hydrogens is 562 g/mol. The highest BCUT2D eigenvalue weighted by Gasteiger charge is 2.26. The molecule has 3 aromatic carbocycles. The van der Waals surface area contributed by atoms with Crippen LogP contribution >= 0.6 is 11.6 Å². The van der Waals surface area contributed by atoms with Gasteiger partial charge in [-0.25, -0.2) is 8.42 Å². The lowest BCUT2D eigenvalue weighted by Crippen LogP contribution is -2.42. The normalized spacial score (nSPS) is 11.6. The van der Waals surface area contributed by atoms with Crippen LogP contribution in [-0.4, -0.2) is 44.7 Å². The van der Waals surface area contributed by atoms with Gasteiger partial charge in [-0.2, -0.15) is 9.98 Å². The Kier molecular flexibility index (Phi) is 10.5. The van der Waals surface area contributed by atoms with Crippen molar-refractivity contribution in [3.63, 3.8) is 0 Å². The van der Waals surface area contributed by atoms with E-state index >= 15 is 0 Å². The summed E-state index contributed by atoms with van der Waals surface area (Å²) in [6, 6.07) is 17.1. The van der Waals surface area contributed by atoms with Crippen LogP contribution in [0.2, 0.25) is 5.02 Å². The van der Waals surface area contributed by atoms with Crippen LogP contribution in [0.1, 0.15) is 17.5 Å². The SMILES string of the molecule is N#Cc1c(Cl)cccc1Oc1ccc(S(=O)(=O)NC(Cc2ccc(OCCCON=C(N)N)cc2)C(=O)O)cc1. The third-order valence-electron chi connectivity index (χ3n) is 5.23. The quantitative estimate of drug-likeness (QED) is 0.0940. The van der Waals surface area contributed by atoms with Gasteiger partial charge in [0.15, 0.2) is 0 Å². The Morgan fingerprint density at radius 2 is 1.73 bits per heavy atom. The predicted molar refractivity (Wildman–Crippen MR) is 146 cm³/mol. The molecule has 0 fully saturated rings. The number of oxime groups is 1. The monoisotopic (exact) mass is 587 g/mol. The van der Waals surface area contributed by atoms with Crippen molar-refractivity contribution in [1.29, 1.82) is 5.26 Å². The molecule has 0 bridgehead atoms. The Hall–Kier alpha value is -4.51. The van der Waals surface area contributed by atoms with Crippen molar-refractivity contribution in [1.82, 2.24) is 4.72 Å². The molecule has 0 aliphatic heterocycles. The van der Waals surface area contributed by atoms with E-state index in [9.17, 15) is 23.6 Å². The van der Waals surface area contributed by atoms with Crippen molar-refractivity contribution in [3.05, 3.63) is 82.9 Å². The van der Waals surface area contributed by atoms with E-state index in [1.165, 1.54) is 24.3 Å². The van der Waals surface area contributed by atoms with E-state index in [-0.39, 0.29) is 46.0 Å². The first-order chi connectivity index (χ1) is 19.1. The summed E-state index contributed by atoms with van der Waals surface area (Å²) in [6.45, 7) is 0.593. The average molecular weight is 588 g/mol. The zero-order chi connectivity index (χ0) is 29.1. The Balaban J connectivity index is 1.59. The topological polar surface area (TPSA) is 199 Å². The maximum atomic E-state index is 12.9. The first-order valence-corrected chi connectivity index (χ1v) is 13.6. The summed E-state index contributed by atoms with van der Waals surface area (Å²) >= 11 is 6.01. The van der Waals surface area contributed by atoms with Gasteiger partial charge in [-0.1, -0.05) is 29.8 Å². The fourth-order valence-corrected chi connectivity index (χ4v) is 4.73. The lowest BCUT2D eigenvalue weighted by Gasteiger charge is -2.16. The Morgan fingerprint density at radius 3 is 2.35 bits per heavy atom. The van der Waals surface area contributed by atoms with Gasteiger partial charge in [0.2, 0.25) is 16.0 Å². The van der Waals surface area contributed by atoms with Crippen molar-refractivity contribution >= 4 is 33.6 Å². The number of nitriles is 1. The molecule has 0 amide bonds. The number of carboxylic acids is 1. The van der Waals surface area contributed by atoms with Gasteiger partial charge in [0.05, 0.1) is 16.5 Å². The number of hydrogen-bond donors (Lipinski definition) is 4. The van der Waals surface area contributed by atoms with E-state index in [0.29, 0.717) is 24.3 Å². The molecule has 210 valence electrons. The molecule has 14 heteroatoms. The van der Waals surface area contributed by atoms with Crippen molar-refractivity contribution in [2.24, 2.45) is 16.6 Å². The van der Waals surface area contributed by atoms with Gasteiger partial charge >= 0.3 is 5.97 Å². The van der Waals surface area contributed by atoms with E-state index in [1.54, 1.807) is 42.5 Å². The lowest BCUT2D eigenvalue weighted by atomic mass is 10.1. The predicted octanol–water partition coefficient (Wildman–Crippen LogP) is 2.95. The highest BCUT2D eigenvalue weighted by molar-refractivity contribution is 7.89. The van der Waals surface area contributed by atoms with Crippen LogP contribution in [0.25, 0.3) is 0 Å². The molecule has 6 N–H and O–H groups in total. The second-order valence-corrected chi connectivity index (χ2v) is 10.3. The fraction of sp³-hybridized carbons (Fsp3) is 0.192. The maximum Gasteiger partial charge on any atom is 0.322 e. The summed E-state index contributed by atoms with van der Waals surface area (Å²) in [7, 11) is -4.19. The minimum absolute atomic E-state index is 0.103. The molecule has 3 aromatic rings. The molecule has 0 heterocycles. The number of sulfonamides is 1. The molecule has 1 unspecified atom stereocenters. The van der Waals surface area contributed by atoms with Crippen LogP contribution in [0.3, 0.4) is 0 Å². The number of nitrogens with one attached hydrogen (secondary N) is 1. The van der Waals surface area contributed by atoms with Gasteiger partial charge in [-0.05, 0) is 65.7 Å². The van der Waals surface area contributed by atoms with Gasteiger partial charge in [-0.15, -0.1) is 0 Å². The number of nitrogens with two attached hydrogens (primary N) is 2. The second-order valence-electron chi connectivity index (χ2n) is 8.21. The number of carbonyl (C=O) groups is 1.